The fourth-order valence-corrected chi connectivity index (χ4v) is 3.07. The van der Waals surface area contributed by atoms with E-state index < -0.39 is 5.91 Å². The van der Waals surface area contributed by atoms with Gasteiger partial charge >= 0.3 is 0 Å². The van der Waals surface area contributed by atoms with Crippen LogP contribution in [0.1, 0.15) is 91.8 Å². The Balaban J connectivity index is 1.62. The number of imide groups is 1. The van der Waals surface area contributed by atoms with Crippen molar-refractivity contribution >= 4 is 23.4 Å². The standard InChI is InChI=1S/C20H28N2O3/c1-2-3-4-5-6-7-8-9-10-11-18(23)21-15-12-13-16-17(14-15)20(25)22-19(16)24/h12-14H,2-11H2,1H3,(H,21,23)(H,22,24,25). The van der Waals surface area contributed by atoms with Crippen molar-refractivity contribution in [3.8, 4) is 0 Å². The van der Waals surface area contributed by atoms with Gasteiger partial charge < -0.3 is 5.32 Å². The predicted octanol–water partition coefficient (Wildman–Crippen LogP) is 4.43. The van der Waals surface area contributed by atoms with Crippen LogP contribution in [0.15, 0.2) is 18.2 Å². The highest BCUT2D eigenvalue weighted by Crippen LogP contribution is 2.20. The van der Waals surface area contributed by atoms with E-state index in [-0.39, 0.29) is 11.8 Å². The molecule has 0 aliphatic carbocycles. The van der Waals surface area contributed by atoms with E-state index in [2.05, 4.69) is 17.6 Å². The Morgan fingerprint density at radius 1 is 0.880 bits per heavy atom. The van der Waals surface area contributed by atoms with Crippen LogP contribution in [0.3, 0.4) is 0 Å². The molecule has 0 unspecified atom stereocenters. The molecule has 5 nitrogen and oxygen atoms in total. The van der Waals surface area contributed by atoms with Gasteiger partial charge in [0.25, 0.3) is 11.8 Å². The van der Waals surface area contributed by atoms with E-state index in [0.29, 0.717) is 23.2 Å². The molecule has 1 aromatic carbocycles. The molecule has 0 spiro atoms. The summed E-state index contributed by atoms with van der Waals surface area (Å²) in [6.07, 6.45) is 11.4. The third kappa shape index (κ3) is 6.00. The van der Waals surface area contributed by atoms with Crippen LogP contribution in [0.4, 0.5) is 5.69 Å². The van der Waals surface area contributed by atoms with Crippen LogP contribution in [0.5, 0.6) is 0 Å². The fraction of sp³-hybridized carbons (Fsp3) is 0.550. The Morgan fingerprint density at radius 3 is 2.16 bits per heavy atom. The number of unbranched alkanes of at least 4 members (excludes halogenated alkanes) is 8. The van der Waals surface area contributed by atoms with E-state index in [1.165, 1.54) is 44.9 Å². The summed E-state index contributed by atoms with van der Waals surface area (Å²) >= 11 is 0. The highest BCUT2D eigenvalue weighted by Gasteiger charge is 2.26. The number of carbonyl (C=O) groups is 3. The van der Waals surface area contributed by atoms with Gasteiger partial charge in [0, 0.05) is 12.1 Å². The minimum atomic E-state index is -0.407. The van der Waals surface area contributed by atoms with Gasteiger partial charge in [0.2, 0.25) is 5.91 Å². The SMILES string of the molecule is CCCCCCCCCCCC(=O)Nc1ccc2c(c1)C(=O)NC2=O. The molecular formula is C20H28N2O3. The normalized spacial score (nSPS) is 12.8. The van der Waals surface area contributed by atoms with E-state index in [0.717, 1.165) is 12.8 Å². The number of nitrogens with one attached hydrogen (secondary N) is 2. The zero-order valence-electron chi connectivity index (χ0n) is 15.0. The summed E-state index contributed by atoms with van der Waals surface area (Å²) in [6, 6.07) is 4.79. The lowest BCUT2D eigenvalue weighted by Gasteiger charge is -2.06. The summed E-state index contributed by atoms with van der Waals surface area (Å²) in [6.45, 7) is 2.22. The van der Waals surface area contributed by atoms with Crippen molar-refractivity contribution in [3.05, 3.63) is 29.3 Å². The van der Waals surface area contributed by atoms with Crippen LogP contribution < -0.4 is 10.6 Å². The number of fused-ring (bicyclic) bond motifs is 1. The monoisotopic (exact) mass is 344 g/mol. The summed E-state index contributed by atoms with van der Waals surface area (Å²) < 4.78 is 0. The molecular weight excluding hydrogens is 316 g/mol. The Labute approximate surface area is 149 Å². The number of amides is 3. The van der Waals surface area contributed by atoms with Gasteiger partial charge in [0.15, 0.2) is 0 Å². The molecule has 0 atom stereocenters. The molecule has 1 aromatic rings. The average Bonchev–Trinajstić information content (AvgIpc) is 2.87. The molecule has 1 aliphatic rings. The molecule has 0 saturated carbocycles. The Morgan fingerprint density at radius 2 is 1.48 bits per heavy atom. The molecule has 3 amide bonds. The van der Waals surface area contributed by atoms with Crippen molar-refractivity contribution in [3.63, 3.8) is 0 Å². The molecule has 1 heterocycles. The van der Waals surface area contributed by atoms with Crippen LogP contribution in [0.25, 0.3) is 0 Å². The van der Waals surface area contributed by atoms with Gasteiger partial charge in [-0.25, -0.2) is 0 Å². The fourth-order valence-electron chi connectivity index (χ4n) is 3.07. The topological polar surface area (TPSA) is 75.3 Å². The zero-order chi connectivity index (χ0) is 18.1. The quantitative estimate of drug-likeness (QED) is 0.460. The van der Waals surface area contributed by atoms with Crippen LogP contribution in [-0.2, 0) is 4.79 Å². The highest BCUT2D eigenvalue weighted by molar-refractivity contribution is 6.22. The van der Waals surface area contributed by atoms with E-state index in [1.807, 2.05) is 0 Å². The first-order valence-corrected chi connectivity index (χ1v) is 9.41. The third-order valence-electron chi connectivity index (χ3n) is 4.53. The number of benzene rings is 1. The van der Waals surface area contributed by atoms with Gasteiger partial charge in [0.05, 0.1) is 11.1 Å². The number of anilines is 1. The number of carbonyl (C=O) groups excluding carboxylic acids is 3. The lowest BCUT2D eigenvalue weighted by Crippen LogP contribution is -2.19. The largest absolute Gasteiger partial charge is 0.326 e. The van der Waals surface area contributed by atoms with Crippen LogP contribution in [0, 0.1) is 0 Å². The van der Waals surface area contributed by atoms with Gasteiger partial charge in [-0.2, -0.15) is 0 Å². The lowest BCUT2D eigenvalue weighted by atomic mass is 10.1. The molecule has 0 radical (unpaired) electrons. The van der Waals surface area contributed by atoms with Gasteiger partial charge in [0.1, 0.15) is 0 Å². The highest BCUT2D eigenvalue weighted by atomic mass is 16.2. The molecule has 136 valence electrons. The van der Waals surface area contributed by atoms with E-state index >= 15 is 0 Å². The van der Waals surface area contributed by atoms with Gasteiger partial charge in [-0.3, -0.25) is 19.7 Å². The molecule has 2 rings (SSSR count). The van der Waals surface area contributed by atoms with Crippen LogP contribution >= 0.6 is 0 Å². The summed E-state index contributed by atoms with van der Waals surface area (Å²) in [5.74, 6) is -0.838. The second kappa shape index (κ2) is 9.97. The first kappa shape index (κ1) is 19.2. The molecule has 1 aliphatic heterocycles. The Bertz CT molecular complexity index is 625. The number of hydrogen-bond donors (Lipinski definition) is 2. The van der Waals surface area contributed by atoms with Crippen molar-refractivity contribution < 1.29 is 14.4 Å². The van der Waals surface area contributed by atoms with Crippen LogP contribution in [-0.4, -0.2) is 17.7 Å². The molecule has 0 bridgehead atoms. The van der Waals surface area contributed by atoms with Crippen molar-refractivity contribution in [1.82, 2.24) is 5.32 Å². The molecule has 0 aromatic heterocycles. The first-order chi connectivity index (χ1) is 12.1. The van der Waals surface area contributed by atoms with Gasteiger partial charge in [-0.05, 0) is 24.6 Å². The van der Waals surface area contributed by atoms with Crippen molar-refractivity contribution in [2.24, 2.45) is 0 Å². The second-order valence-electron chi connectivity index (χ2n) is 6.67. The maximum Gasteiger partial charge on any atom is 0.259 e. The molecule has 0 fully saturated rings. The molecule has 25 heavy (non-hydrogen) atoms. The van der Waals surface area contributed by atoms with Crippen molar-refractivity contribution in [2.45, 2.75) is 71.1 Å². The average molecular weight is 344 g/mol. The maximum atomic E-state index is 12.0. The van der Waals surface area contributed by atoms with Crippen molar-refractivity contribution in [1.29, 1.82) is 0 Å². The van der Waals surface area contributed by atoms with Gasteiger partial charge in [-0.15, -0.1) is 0 Å². The van der Waals surface area contributed by atoms with E-state index in [9.17, 15) is 14.4 Å². The molecule has 2 N–H and O–H groups in total. The second-order valence-corrected chi connectivity index (χ2v) is 6.67. The number of hydrogen-bond acceptors (Lipinski definition) is 3. The maximum absolute atomic E-state index is 12.0. The summed E-state index contributed by atoms with van der Waals surface area (Å²) in [5.41, 5.74) is 1.25. The van der Waals surface area contributed by atoms with E-state index in [1.54, 1.807) is 18.2 Å². The Kier molecular flexibility index (Phi) is 7.64. The summed E-state index contributed by atoms with van der Waals surface area (Å²) in [4.78, 5) is 35.1. The first-order valence-electron chi connectivity index (χ1n) is 9.41. The van der Waals surface area contributed by atoms with Gasteiger partial charge in [-0.1, -0.05) is 58.3 Å². The summed E-state index contributed by atoms with van der Waals surface area (Å²) in [7, 11) is 0. The van der Waals surface area contributed by atoms with E-state index in [4.69, 9.17) is 0 Å². The number of rotatable bonds is 11. The van der Waals surface area contributed by atoms with Crippen LogP contribution in [0.2, 0.25) is 0 Å². The summed E-state index contributed by atoms with van der Waals surface area (Å²) in [5, 5.41) is 5.04. The third-order valence-corrected chi connectivity index (χ3v) is 4.53. The van der Waals surface area contributed by atoms with Crippen molar-refractivity contribution in [2.75, 3.05) is 5.32 Å². The molecule has 5 heteroatoms. The lowest BCUT2D eigenvalue weighted by molar-refractivity contribution is -0.116. The smallest absolute Gasteiger partial charge is 0.259 e. The minimum absolute atomic E-state index is 0.0485. The predicted molar refractivity (Wildman–Crippen MR) is 98.7 cm³/mol. The Hall–Kier alpha value is -2.17. The molecule has 0 saturated heterocycles. The minimum Gasteiger partial charge on any atom is -0.326 e. The zero-order valence-corrected chi connectivity index (χ0v) is 15.0.